The molecule has 1 unspecified atom stereocenters. The molecule has 2 aromatic heterocycles. The number of halogens is 1. The second kappa shape index (κ2) is 9.98. The molecule has 0 aliphatic carbocycles. The molecular weight excluding hydrogens is 458 g/mol. The summed E-state index contributed by atoms with van der Waals surface area (Å²) in [6.45, 7) is 0.389. The number of carboxylic acid groups (broad SMARTS) is 1. The minimum atomic E-state index is -1.10. The molecule has 1 atom stereocenters. The third kappa shape index (κ3) is 4.61. The number of nitrogens with two attached hydrogens (primary N) is 1. The van der Waals surface area contributed by atoms with Gasteiger partial charge < -0.3 is 25.6 Å². The van der Waals surface area contributed by atoms with Crippen molar-refractivity contribution in [3.05, 3.63) is 71.0 Å². The van der Waals surface area contributed by atoms with Crippen LogP contribution in [0, 0.1) is 0 Å². The standard InChI is InChI=1S/C24H24ClN5O4/c1-33-20-11-18-19(12-21(20)34-2)30(13-27-18)22-7-6-16(24(31)32)23(29-22)28-17(8-9-26)14-4-3-5-15(25)10-14/h3-7,10-13,17H,8-9,26H2,1-2H3,(H,28,29)(H,31,32). The summed E-state index contributed by atoms with van der Waals surface area (Å²) < 4.78 is 12.5. The zero-order valence-corrected chi connectivity index (χ0v) is 19.4. The molecule has 34 heavy (non-hydrogen) atoms. The molecule has 10 heteroatoms. The molecule has 9 nitrogen and oxygen atoms in total. The number of fused-ring (bicyclic) bond motifs is 1. The molecule has 0 saturated carbocycles. The lowest BCUT2D eigenvalue weighted by atomic mass is 10.0. The van der Waals surface area contributed by atoms with E-state index in [-0.39, 0.29) is 17.4 Å². The van der Waals surface area contributed by atoms with Gasteiger partial charge in [-0.25, -0.2) is 14.8 Å². The first kappa shape index (κ1) is 23.3. The van der Waals surface area contributed by atoms with Crippen LogP contribution >= 0.6 is 11.6 Å². The van der Waals surface area contributed by atoms with E-state index >= 15 is 0 Å². The van der Waals surface area contributed by atoms with Crippen LogP contribution in [0.15, 0.2) is 54.9 Å². The van der Waals surface area contributed by atoms with Crippen LogP contribution in [0.2, 0.25) is 5.02 Å². The van der Waals surface area contributed by atoms with Crippen LogP contribution in [-0.4, -0.2) is 46.4 Å². The van der Waals surface area contributed by atoms with Gasteiger partial charge in [0.2, 0.25) is 0 Å². The van der Waals surface area contributed by atoms with Gasteiger partial charge in [-0.15, -0.1) is 0 Å². The lowest BCUT2D eigenvalue weighted by Gasteiger charge is -2.21. The SMILES string of the molecule is COc1cc2ncn(-c3ccc(C(=O)O)c(NC(CCN)c4cccc(Cl)c4)n3)c2cc1OC. The van der Waals surface area contributed by atoms with E-state index in [0.717, 1.165) is 11.1 Å². The maximum Gasteiger partial charge on any atom is 0.339 e. The van der Waals surface area contributed by atoms with Gasteiger partial charge >= 0.3 is 5.97 Å². The highest BCUT2D eigenvalue weighted by molar-refractivity contribution is 6.30. The van der Waals surface area contributed by atoms with Crippen LogP contribution in [0.1, 0.15) is 28.4 Å². The van der Waals surface area contributed by atoms with E-state index in [4.69, 9.17) is 26.8 Å². The van der Waals surface area contributed by atoms with E-state index in [0.29, 0.717) is 40.8 Å². The van der Waals surface area contributed by atoms with Crippen LogP contribution in [0.3, 0.4) is 0 Å². The average molecular weight is 482 g/mol. The minimum Gasteiger partial charge on any atom is -0.493 e. The molecule has 0 spiro atoms. The summed E-state index contributed by atoms with van der Waals surface area (Å²) in [6, 6.07) is 13.8. The Bertz CT molecular complexity index is 1340. The van der Waals surface area contributed by atoms with E-state index in [1.165, 1.54) is 6.07 Å². The Morgan fingerprint density at radius 2 is 1.94 bits per heavy atom. The third-order valence-corrected chi connectivity index (χ3v) is 5.66. The molecule has 0 radical (unpaired) electrons. The Hall–Kier alpha value is -3.82. The fourth-order valence-electron chi connectivity index (χ4n) is 3.76. The lowest BCUT2D eigenvalue weighted by Crippen LogP contribution is -2.19. The van der Waals surface area contributed by atoms with Crippen LogP contribution in [0.25, 0.3) is 16.9 Å². The van der Waals surface area contributed by atoms with Crippen molar-refractivity contribution in [2.45, 2.75) is 12.5 Å². The maximum absolute atomic E-state index is 11.9. The number of hydrogen-bond donors (Lipinski definition) is 3. The summed E-state index contributed by atoms with van der Waals surface area (Å²) in [6.07, 6.45) is 2.17. The highest BCUT2D eigenvalue weighted by Crippen LogP contribution is 2.33. The monoisotopic (exact) mass is 481 g/mol. The van der Waals surface area contributed by atoms with Gasteiger partial charge in [-0.2, -0.15) is 0 Å². The Balaban J connectivity index is 1.79. The minimum absolute atomic E-state index is 0.0384. The number of imidazole rings is 1. The predicted octanol–water partition coefficient (Wildman–Crippen LogP) is 4.29. The topological polar surface area (TPSA) is 125 Å². The zero-order chi connectivity index (χ0) is 24.2. The molecule has 4 rings (SSSR count). The summed E-state index contributed by atoms with van der Waals surface area (Å²) >= 11 is 6.17. The van der Waals surface area contributed by atoms with Crippen molar-refractivity contribution in [2.24, 2.45) is 5.73 Å². The van der Waals surface area contributed by atoms with Gasteiger partial charge in [0, 0.05) is 17.2 Å². The Kier molecular flexibility index (Phi) is 6.85. The number of pyridine rings is 1. The number of rotatable bonds is 9. The molecule has 0 bridgehead atoms. The van der Waals surface area contributed by atoms with E-state index in [9.17, 15) is 9.90 Å². The Morgan fingerprint density at radius 3 is 2.62 bits per heavy atom. The molecule has 0 fully saturated rings. The van der Waals surface area contributed by atoms with E-state index in [1.807, 2.05) is 18.2 Å². The van der Waals surface area contributed by atoms with Gasteiger partial charge in [0.1, 0.15) is 23.5 Å². The van der Waals surface area contributed by atoms with Crippen molar-refractivity contribution in [2.75, 3.05) is 26.1 Å². The number of anilines is 1. The predicted molar refractivity (Wildman–Crippen MR) is 130 cm³/mol. The molecule has 0 saturated heterocycles. The first-order valence-corrected chi connectivity index (χ1v) is 10.9. The average Bonchev–Trinajstić information content (AvgIpc) is 3.25. The number of hydrogen-bond acceptors (Lipinski definition) is 7. The number of carboxylic acids is 1. The van der Waals surface area contributed by atoms with Crippen LogP contribution < -0.4 is 20.5 Å². The van der Waals surface area contributed by atoms with Gasteiger partial charge in [-0.1, -0.05) is 23.7 Å². The molecule has 2 heterocycles. The van der Waals surface area contributed by atoms with Gasteiger partial charge in [-0.05, 0) is 42.8 Å². The molecule has 2 aromatic carbocycles. The van der Waals surface area contributed by atoms with Crippen molar-refractivity contribution in [3.63, 3.8) is 0 Å². The maximum atomic E-state index is 11.9. The number of carbonyl (C=O) groups is 1. The quantitative estimate of drug-likeness (QED) is 0.323. The lowest BCUT2D eigenvalue weighted by molar-refractivity contribution is 0.0697. The van der Waals surface area contributed by atoms with Crippen molar-refractivity contribution in [3.8, 4) is 17.3 Å². The number of methoxy groups -OCH3 is 2. The summed E-state index contributed by atoms with van der Waals surface area (Å²) in [5, 5.41) is 13.6. The fourth-order valence-corrected chi connectivity index (χ4v) is 3.96. The number of aromatic carboxylic acids is 1. The number of ether oxygens (including phenoxy) is 2. The van der Waals surface area contributed by atoms with Crippen LogP contribution in [-0.2, 0) is 0 Å². The first-order valence-electron chi connectivity index (χ1n) is 10.5. The number of aromatic nitrogens is 3. The van der Waals surface area contributed by atoms with Gasteiger partial charge in [-0.3, -0.25) is 4.57 Å². The van der Waals surface area contributed by atoms with Crippen LogP contribution in [0.4, 0.5) is 5.82 Å². The summed E-state index contributed by atoms with van der Waals surface area (Å²) in [5.74, 6) is 0.704. The Morgan fingerprint density at radius 1 is 1.18 bits per heavy atom. The largest absolute Gasteiger partial charge is 0.493 e. The Labute approximate surface area is 201 Å². The first-order chi connectivity index (χ1) is 16.4. The van der Waals surface area contributed by atoms with Gasteiger partial charge in [0.05, 0.1) is 31.3 Å². The summed E-state index contributed by atoms with van der Waals surface area (Å²) in [7, 11) is 3.11. The van der Waals surface area contributed by atoms with E-state index < -0.39 is 5.97 Å². The summed E-state index contributed by atoms with van der Waals surface area (Å²) in [4.78, 5) is 21.0. The molecule has 0 aliphatic rings. The molecule has 4 aromatic rings. The molecule has 4 N–H and O–H groups in total. The third-order valence-electron chi connectivity index (χ3n) is 5.43. The molecule has 176 valence electrons. The number of nitrogens with one attached hydrogen (secondary N) is 1. The number of nitrogens with zero attached hydrogens (tertiary/aromatic N) is 3. The second-order valence-electron chi connectivity index (χ2n) is 7.51. The zero-order valence-electron chi connectivity index (χ0n) is 18.7. The van der Waals surface area contributed by atoms with Crippen molar-refractivity contribution in [1.82, 2.24) is 14.5 Å². The number of benzene rings is 2. The smallest absolute Gasteiger partial charge is 0.339 e. The molecular formula is C24H24ClN5O4. The normalized spacial score (nSPS) is 11.9. The van der Waals surface area contributed by atoms with Gasteiger partial charge in [0.25, 0.3) is 0 Å². The van der Waals surface area contributed by atoms with Crippen molar-refractivity contribution in [1.29, 1.82) is 0 Å². The van der Waals surface area contributed by atoms with Gasteiger partial charge in [0.15, 0.2) is 11.5 Å². The van der Waals surface area contributed by atoms with Crippen molar-refractivity contribution < 1.29 is 19.4 Å². The van der Waals surface area contributed by atoms with E-state index in [1.54, 1.807) is 49.4 Å². The van der Waals surface area contributed by atoms with Crippen LogP contribution in [0.5, 0.6) is 11.5 Å². The van der Waals surface area contributed by atoms with E-state index in [2.05, 4.69) is 15.3 Å². The second-order valence-corrected chi connectivity index (χ2v) is 7.95. The highest BCUT2D eigenvalue weighted by atomic mass is 35.5. The fraction of sp³-hybridized carbons (Fsp3) is 0.208. The molecule has 0 aliphatic heterocycles. The van der Waals surface area contributed by atoms with Crippen molar-refractivity contribution >= 4 is 34.4 Å². The summed E-state index contributed by atoms with van der Waals surface area (Å²) in [5.41, 5.74) is 8.16. The molecule has 0 amide bonds. The highest BCUT2D eigenvalue weighted by Gasteiger charge is 2.20.